The predicted molar refractivity (Wildman–Crippen MR) is 133 cm³/mol. The molecular formula is C26H28N4O2S. The van der Waals surface area contributed by atoms with Gasteiger partial charge in [0.1, 0.15) is 0 Å². The highest BCUT2D eigenvalue weighted by Crippen LogP contribution is 2.31. The lowest BCUT2D eigenvalue weighted by Gasteiger charge is -2.22. The standard InChI is InChI=1S/C26H28N4O2S/c1-3-29-14-4-5-20(29)11-13-23(31)19-10-12-22-24(15-19)33-26-28-21(16-30(22)26)17-6-8-18(9-7-17)25(32)27-2/h6-10,12,15-16,20H,3-5,11,13-14H2,1-2H3,(H,27,32)/t20-/m1/s1. The highest BCUT2D eigenvalue weighted by atomic mass is 32.1. The van der Waals surface area contributed by atoms with Gasteiger partial charge in [-0.2, -0.15) is 0 Å². The van der Waals surface area contributed by atoms with E-state index >= 15 is 0 Å². The number of thiazole rings is 1. The number of amides is 1. The summed E-state index contributed by atoms with van der Waals surface area (Å²) in [4.78, 5) is 32.8. The van der Waals surface area contributed by atoms with Crippen LogP contribution >= 0.6 is 11.3 Å². The van der Waals surface area contributed by atoms with Crippen LogP contribution in [-0.2, 0) is 0 Å². The summed E-state index contributed by atoms with van der Waals surface area (Å²) in [5, 5.41) is 2.63. The minimum atomic E-state index is -0.102. The topological polar surface area (TPSA) is 66.7 Å². The Hall–Kier alpha value is -3.03. The van der Waals surface area contributed by atoms with Crippen molar-refractivity contribution < 1.29 is 9.59 Å². The van der Waals surface area contributed by atoms with Crippen LogP contribution < -0.4 is 5.32 Å². The highest BCUT2D eigenvalue weighted by molar-refractivity contribution is 7.23. The maximum Gasteiger partial charge on any atom is 0.251 e. The van der Waals surface area contributed by atoms with E-state index in [1.54, 1.807) is 18.4 Å². The number of Topliss-reactive ketones (excluding diaryl/α,β-unsaturated/α-hetero) is 1. The molecule has 4 aromatic rings. The lowest BCUT2D eigenvalue weighted by atomic mass is 10.0. The quantitative estimate of drug-likeness (QED) is 0.393. The summed E-state index contributed by atoms with van der Waals surface area (Å²) in [6.45, 7) is 4.43. The van der Waals surface area contributed by atoms with E-state index in [1.165, 1.54) is 12.8 Å². The minimum Gasteiger partial charge on any atom is -0.355 e. The summed E-state index contributed by atoms with van der Waals surface area (Å²) >= 11 is 1.60. The molecule has 1 saturated heterocycles. The molecule has 1 aliphatic rings. The second-order valence-corrected chi connectivity index (χ2v) is 9.62. The number of rotatable bonds is 7. The van der Waals surface area contributed by atoms with Crippen LogP contribution in [0.2, 0.25) is 0 Å². The van der Waals surface area contributed by atoms with Gasteiger partial charge >= 0.3 is 0 Å². The Balaban J connectivity index is 1.34. The maximum atomic E-state index is 12.9. The van der Waals surface area contributed by atoms with Gasteiger partial charge in [0, 0.05) is 42.4 Å². The van der Waals surface area contributed by atoms with Gasteiger partial charge < -0.3 is 10.2 Å². The van der Waals surface area contributed by atoms with Crippen LogP contribution in [0.1, 0.15) is 53.3 Å². The van der Waals surface area contributed by atoms with Crippen molar-refractivity contribution in [2.45, 2.75) is 38.6 Å². The van der Waals surface area contributed by atoms with Crippen molar-refractivity contribution in [3.63, 3.8) is 0 Å². The predicted octanol–water partition coefficient (Wildman–Crippen LogP) is 5.02. The molecule has 1 N–H and O–H groups in total. The lowest BCUT2D eigenvalue weighted by Crippen LogP contribution is -2.29. The molecule has 6 nitrogen and oxygen atoms in total. The van der Waals surface area contributed by atoms with Crippen molar-refractivity contribution in [1.29, 1.82) is 0 Å². The maximum absolute atomic E-state index is 12.9. The highest BCUT2D eigenvalue weighted by Gasteiger charge is 2.23. The van der Waals surface area contributed by atoms with E-state index in [-0.39, 0.29) is 11.7 Å². The first-order chi connectivity index (χ1) is 16.1. The first kappa shape index (κ1) is 21.8. The molecule has 0 bridgehead atoms. The van der Waals surface area contributed by atoms with E-state index < -0.39 is 0 Å². The molecular weight excluding hydrogens is 432 g/mol. The first-order valence-electron chi connectivity index (χ1n) is 11.6. The molecule has 170 valence electrons. The van der Waals surface area contributed by atoms with Crippen LogP contribution in [0.3, 0.4) is 0 Å². The van der Waals surface area contributed by atoms with Crippen LogP contribution in [-0.4, -0.2) is 52.2 Å². The monoisotopic (exact) mass is 460 g/mol. The largest absolute Gasteiger partial charge is 0.355 e. The van der Waals surface area contributed by atoms with Gasteiger partial charge in [-0.05, 0) is 62.7 Å². The zero-order valence-corrected chi connectivity index (χ0v) is 19.8. The Morgan fingerprint density at radius 3 is 2.70 bits per heavy atom. The van der Waals surface area contributed by atoms with E-state index in [4.69, 9.17) is 4.98 Å². The molecule has 0 radical (unpaired) electrons. The Morgan fingerprint density at radius 2 is 1.94 bits per heavy atom. The number of carbonyl (C=O) groups is 2. The van der Waals surface area contributed by atoms with Crippen molar-refractivity contribution in [1.82, 2.24) is 19.6 Å². The number of nitrogens with zero attached hydrogens (tertiary/aromatic N) is 3. The number of likely N-dealkylation sites (tertiary alicyclic amines) is 1. The number of hydrogen-bond acceptors (Lipinski definition) is 5. The Bertz CT molecular complexity index is 1320. The summed E-state index contributed by atoms with van der Waals surface area (Å²) in [7, 11) is 1.62. The Morgan fingerprint density at radius 1 is 1.15 bits per heavy atom. The van der Waals surface area contributed by atoms with Gasteiger partial charge in [-0.3, -0.25) is 14.0 Å². The molecule has 0 saturated carbocycles. The second-order valence-electron chi connectivity index (χ2n) is 8.61. The van der Waals surface area contributed by atoms with E-state index in [9.17, 15) is 9.59 Å². The number of imidazole rings is 1. The van der Waals surface area contributed by atoms with E-state index in [2.05, 4.69) is 21.5 Å². The normalized spacial score (nSPS) is 16.6. The number of benzene rings is 2. The van der Waals surface area contributed by atoms with Gasteiger partial charge in [0.2, 0.25) is 0 Å². The van der Waals surface area contributed by atoms with Gasteiger partial charge in [0.05, 0.1) is 15.9 Å². The molecule has 1 aliphatic heterocycles. The number of carbonyl (C=O) groups excluding carboxylic acids is 2. The van der Waals surface area contributed by atoms with E-state index in [1.807, 2.05) is 48.7 Å². The van der Waals surface area contributed by atoms with Crippen LogP contribution in [0.5, 0.6) is 0 Å². The van der Waals surface area contributed by atoms with E-state index in [0.717, 1.165) is 51.5 Å². The average molecular weight is 461 g/mol. The Kier molecular flexibility index (Phi) is 6.00. The van der Waals surface area contributed by atoms with Crippen LogP contribution in [0.25, 0.3) is 26.4 Å². The minimum absolute atomic E-state index is 0.102. The molecule has 2 aromatic heterocycles. The fraction of sp³-hybridized carbons (Fsp3) is 0.346. The second kappa shape index (κ2) is 9.08. The lowest BCUT2D eigenvalue weighted by molar-refractivity contribution is 0.0957. The number of nitrogens with one attached hydrogen (secondary N) is 1. The molecule has 1 atom stereocenters. The van der Waals surface area contributed by atoms with Crippen LogP contribution in [0.15, 0.2) is 48.7 Å². The number of hydrogen-bond donors (Lipinski definition) is 1. The van der Waals surface area contributed by atoms with Crippen molar-refractivity contribution >= 4 is 38.2 Å². The summed E-state index contributed by atoms with van der Waals surface area (Å²) in [6.07, 6.45) is 6.02. The van der Waals surface area contributed by atoms with Gasteiger partial charge in [-0.15, -0.1) is 0 Å². The van der Waals surface area contributed by atoms with Crippen LogP contribution in [0, 0.1) is 0 Å². The molecule has 33 heavy (non-hydrogen) atoms. The first-order valence-corrected chi connectivity index (χ1v) is 12.4. The van der Waals surface area contributed by atoms with Gasteiger partial charge in [0.25, 0.3) is 5.91 Å². The van der Waals surface area contributed by atoms with Crippen molar-refractivity contribution in [3.8, 4) is 11.3 Å². The molecule has 0 aliphatic carbocycles. The third kappa shape index (κ3) is 4.18. The number of aromatic nitrogens is 2. The third-order valence-corrected chi connectivity index (χ3v) is 7.71. The van der Waals surface area contributed by atoms with Gasteiger partial charge in [-0.25, -0.2) is 4.98 Å². The number of fused-ring (bicyclic) bond motifs is 3. The molecule has 5 rings (SSSR count). The molecule has 1 fully saturated rings. The summed E-state index contributed by atoms with van der Waals surface area (Å²) in [5.74, 6) is 0.123. The zero-order valence-electron chi connectivity index (χ0n) is 19.0. The Labute approximate surface area is 197 Å². The number of ketones is 1. The van der Waals surface area contributed by atoms with Crippen molar-refractivity contribution in [2.75, 3.05) is 20.1 Å². The van der Waals surface area contributed by atoms with Gasteiger partial charge in [-0.1, -0.05) is 30.4 Å². The molecule has 7 heteroatoms. The molecule has 0 spiro atoms. The van der Waals surface area contributed by atoms with E-state index in [0.29, 0.717) is 18.0 Å². The summed E-state index contributed by atoms with van der Waals surface area (Å²) < 4.78 is 3.15. The summed E-state index contributed by atoms with van der Waals surface area (Å²) in [5.41, 5.74) is 4.30. The fourth-order valence-electron chi connectivity index (χ4n) is 4.83. The zero-order chi connectivity index (χ0) is 22.9. The molecule has 0 unspecified atom stereocenters. The van der Waals surface area contributed by atoms with Gasteiger partial charge in [0.15, 0.2) is 10.7 Å². The summed E-state index contributed by atoms with van der Waals surface area (Å²) in [6, 6.07) is 14.0. The molecule has 1 amide bonds. The molecule has 3 heterocycles. The molecule has 2 aromatic carbocycles. The van der Waals surface area contributed by atoms with Crippen LogP contribution in [0.4, 0.5) is 0 Å². The average Bonchev–Trinajstić information content (AvgIpc) is 3.56. The van der Waals surface area contributed by atoms with Crippen molar-refractivity contribution in [3.05, 3.63) is 59.8 Å². The third-order valence-electron chi connectivity index (χ3n) is 6.70. The SMILES string of the molecule is CCN1CCC[C@@H]1CCC(=O)c1ccc2c(c1)sc1nc(-c3ccc(C(=O)NC)cc3)cn12. The smallest absolute Gasteiger partial charge is 0.251 e. The van der Waals surface area contributed by atoms with Crippen molar-refractivity contribution in [2.24, 2.45) is 0 Å². The fourth-order valence-corrected chi connectivity index (χ4v) is 5.88.